The second-order valence-corrected chi connectivity index (χ2v) is 7.52. The van der Waals surface area contributed by atoms with E-state index in [1.54, 1.807) is 0 Å². The lowest BCUT2D eigenvalue weighted by Crippen LogP contribution is -2.44. The number of imidazole rings is 1. The number of fused-ring (bicyclic) bond motifs is 2. The van der Waals surface area contributed by atoms with E-state index < -0.39 is 6.10 Å². The molecule has 1 aromatic heterocycles. The van der Waals surface area contributed by atoms with Crippen LogP contribution in [0.4, 0.5) is 0 Å². The number of ether oxygens (including phenoxy) is 1. The van der Waals surface area contributed by atoms with Crippen molar-refractivity contribution in [3.8, 4) is 0 Å². The summed E-state index contributed by atoms with van der Waals surface area (Å²) in [4.78, 5) is 3.50. The molecule has 0 amide bonds. The van der Waals surface area contributed by atoms with E-state index in [1.807, 2.05) is 12.1 Å². The Bertz CT molecular complexity index is 902. The van der Waals surface area contributed by atoms with Crippen LogP contribution in [0, 0.1) is 0 Å². The van der Waals surface area contributed by atoms with Gasteiger partial charge in [0.2, 0.25) is 0 Å². The van der Waals surface area contributed by atoms with Crippen molar-refractivity contribution in [3.05, 3.63) is 65.5 Å². The van der Waals surface area contributed by atoms with Gasteiger partial charge < -0.3 is 9.84 Å². The molecule has 0 bridgehead atoms. The van der Waals surface area contributed by atoms with Crippen LogP contribution in [-0.4, -0.2) is 22.8 Å². The van der Waals surface area contributed by atoms with Gasteiger partial charge >= 0.3 is 0 Å². The summed E-state index contributed by atoms with van der Waals surface area (Å²) < 4.78 is 8.37. The molecule has 1 heterocycles. The quantitative estimate of drug-likeness (QED) is 0.625. The van der Waals surface area contributed by atoms with E-state index in [2.05, 4.69) is 52.9 Å². The molecule has 4 nitrogen and oxygen atoms in total. The molecule has 2 aromatic carbocycles. The minimum absolute atomic E-state index is 0.104. The lowest BCUT2D eigenvalue weighted by Gasteiger charge is -2.26. The Labute approximate surface area is 160 Å². The van der Waals surface area contributed by atoms with E-state index in [0.717, 1.165) is 43.1 Å². The number of aliphatic hydroxyl groups excluding tert-OH is 1. The topological polar surface area (TPSA) is 49.1 Å². The molecule has 27 heavy (non-hydrogen) atoms. The first-order valence-electron chi connectivity index (χ1n) is 10.1. The average Bonchev–Trinajstić information content (AvgIpc) is 3.04. The Morgan fingerprint density at radius 2 is 2.00 bits per heavy atom. The predicted octanol–water partition coefficient (Wildman–Crippen LogP) is 3.86. The molecule has 2 atom stereocenters. The van der Waals surface area contributed by atoms with Crippen LogP contribution in [0.5, 0.6) is 0 Å². The van der Waals surface area contributed by atoms with Gasteiger partial charge in [-0.3, -0.25) is 0 Å². The Kier molecular flexibility index (Phi) is 5.55. The highest BCUT2D eigenvalue weighted by molar-refractivity contribution is 5.71. The number of hydrogen-bond acceptors (Lipinski definition) is 2. The third kappa shape index (κ3) is 3.92. The van der Waals surface area contributed by atoms with Crippen LogP contribution in [-0.2, 0) is 24.1 Å². The third-order valence-corrected chi connectivity index (χ3v) is 5.48. The number of aliphatic hydroxyl groups is 1. The van der Waals surface area contributed by atoms with Crippen molar-refractivity contribution < 1.29 is 14.4 Å². The highest BCUT2D eigenvalue weighted by atomic mass is 16.5. The molecular weight excluding hydrogens is 336 g/mol. The molecule has 4 rings (SSSR count). The normalized spacial score (nSPS) is 17.8. The number of benzene rings is 2. The van der Waals surface area contributed by atoms with Crippen LogP contribution in [0.3, 0.4) is 0 Å². The van der Waals surface area contributed by atoms with Crippen LogP contribution in [0.2, 0.25) is 0 Å². The fourth-order valence-electron chi connectivity index (χ4n) is 4.20. The van der Waals surface area contributed by atoms with Crippen molar-refractivity contribution in [1.82, 2.24) is 4.98 Å². The second-order valence-electron chi connectivity index (χ2n) is 7.52. The molecule has 0 saturated heterocycles. The van der Waals surface area contributed by atoms with Gasteiger partial charge in [-0.15, -0.1) is 0 Å². The van der Waals surface area contributed by atoms with Crippen LogP contribution >= 0.6 is 0 Å². The van der Waals surface area contributed by atoms with Gasteiger partial charge in [-0.1, -0.05) is 43.3 Å². The molecule has 0 fully saturated rings. The van der Waals surface area contributed by atoms with Crippen LogP contribution in [0.1, 0.15) is 49.2 Å². The molecule has 0 unspecified atom stereocenters. The number of hydrogen-bond donors (Lipinski definition) is 2. The molecule has 0 spiro atoms. The van der Waals surface area contributed by atoms with E-state index in [4.69, 9.17) is 4.74 Å². The van der Waals surface area contributed by atoms with Gasteiger partial charge in [0.15, 0.2) is 11.0 Å². The molecule has 1 aliphatic rings. The van der Waals surface area contributed by atoms with Crippen LogP contribution in [0.25, 0.3) is 11.0 Å². The second kappa shape index (κ2) is 8.24. The molecule has 3 aromatic rings. The SMILES string of the molecule is CCCc1[nH]c2ccccc2[n+]1C[C@@H](O)CO[C@H]1CCCc2ccccc21. The van der Waals surface area contributed by atoms with Crippen LogP contribution < -0.4 is 4.57 Å². The molecule has 2 N–H and O–H groups in total. The maximum absolute atomic E-state index is 10.7. The van der Waals surface area contributed by atoms with Crippen molar-refractivity contribution in [2.24, 2.45) is 0 Å². The summed E-state index contributed by atoms with van der Waals surface area (Å²) in [5, 5.41) is 10.7. The predicted molar refractivity (Wildman–Crippen MR) is 107 cm³/mol. The number of nitrogens with zero attached hydrogens (tertiary/aromatic N) is 1. The summed E-state index contributed by atoms with van der Waals surface area (Å²) in [6, 6.07) is 16.8. The lowest BCUT2D eigenvalue weighted by molar-refractivity contribution is -0.686. The smallest absolute Gasteiger partial charge is 0.255 e. The Balaban J connectivity index is 1.45. The van der Waals surface area contributed by atoms with Gasteiger partial charge in [-0.05, 0) is 48.9 Å². The van der Waals surface area contributed by atoms with Gasteiger partial charge in [-0.2, -0.15) is 0 Å². The van der Waals surface area contributed by atoms with Gasteiger partial charge in [0.05, 0.1) is 12.7 Å². The van der Waals surface area contributed by atoms with Crippen molar-refractivity contribution in [1.29, 1.82) is 0 Å². The summed E-state index contributed by atoms with van der Waals surface area (Å²) in [5.41, 5.74) is 4.94. The Morgan fingerprint density at radius 1 is 1.19 bits per heavy atom. The average molecular weight is 365 g/mol. The maximum atomic E-state index is 10.7. The fraction of sp³-hybridized carbons (Fsp3) is 0.435. The molecular formula is C23H29N2O2+. The zero-order valence-electron chi connectivity index (χ0n) is 16.0. The highest BCUT2D eigenvalue weighted by Crippen LogP contribution is 2.32. The van der Waals surface area contributed by atoms with Gasteiger partial charge in [0.25, 0.3) is 5.82 Å². The van der Waals surface area contributed by atoms with E-state index >= 15 is 0 Å². The monoisotopic (exact) mass is 365 g/mol. The van der Waals surface area contributed by atoms with E-state index in [9.17, 15) is 5.11 Å². The number of aromatic nitrogens is 2. The first kappa shape index (κ1) is 18.2. The number of para-hydroxylation sites is 2. The van der Waals surface area contributed by atoms with Gasteiger partial charge in [0.1, 0.15) is 12.6 Å². The van der Waals surface area contributed by atoms with Gasteiger partial charge in [0, 0.05) is 6.42 Å². The molecule has 142 valence electrons. The first-order chi connectivity index (χ1) is 13.3. The number of rotatable bonds is 7. The minimum atomic E-state index is -0.529. The molecule has 0 saturated carbocycles. The summed E-state index contributed by atoms with van der Waals surface area (Å²) in [7, 11) is 0. The zero-order valence-corrected chi connectivity index (χ0v) is 16.0. The maximum Gasteiger partial charge on any atom is 0.255 e. The molecule has 0 aliphatic heterocycles. The van der Waals surface area contributed by atoms with Gasteiger partial charge in [-0.25, -0.2) is 9.55 Å². The van der Waals surface area contributed by atoms with E-state index in [-0.39, 0.29) is 6.10 Å². The van der Waals surface area contributed by atoms with Crippen molar-refractivity contribution in [2.75, 3.05) is 6.61 Å². The number of H-pyrrole nitrogens is 1. The fourth-order valence-corrected chi connectivity index (χ4v) is 4.20. The first-order valence-corrected chi connectivity index (χ1v) is 10.1. The zero-order chi connectivity index (χ0) is 18.6. The summed E-state index contributed by atoms with van der Waals surface area (Å²) in [6.45, 7) is 3.08. The Hall–Kier alpha value is -2.17. The molecule has 1 aliphatic carbocycles. The summed E-state index contributed by atoms with van der Waals surface area (Å²) in [6.07, 6.45) is 4.92. The molecule has 0 radical (unpaired) electrons. The van der Waals surface area contributed by atoms with Crippen LogP contribution in [0.15, 0.2) is 48.5 Å². The Morgan fingerprint density at radius 3 is 2.89 bits per heavy atom. The van der Waals surface area contributed by atoms with E-state index in [0.29, 0.717) is 13.2 Å². The third-order valence-electron chi connectivity index (χ3n) is 5.48. The van der Waals surface area contributed by atoms with Crippen molar-refractivity contribution in [3.63, 3.8) is 0 Å². The number of aryl methyl sites for hydroxylation is 2. The van der Waals surface area contributed by atoms with Crippen molar-refractivity contribution in [2.45, 2.75) is 57.8 Å². The minimum Gasteiger partial charge on any atom is -0.387 e. The summed E-state index contributed by atoms with van der Waals surface area (Å²) >= 11 is 0. The number of nitrogens with one attached hydrogen (secondary N) is 1. The summed E-state index contributed by atoms with van der Waals surface area (Å²) in [5.74, 6) is 1.17. The number of aromatic amines is 1. The van der Waals surface area contributed by atoms with Crippen molar-refractivity contribution >= 4 is 11.0 Å². The largest absolute Gasteiger partial charge is 0.387 e. The lowest BCUT2D eigenvalue weighted by atomic mass is 9.89. The highest BCUT2D eigenvalue weighted by Gasteiger charge is 2.24. The molecule has 4 heteroatoms. The standard InChI is InChI=1S/C23H28N2O2/c1-2-8-23-24-20-12-5-6-13-21(20)25(23)15-18(26)16-27-22-14-7-10-17-9-3-4-11-19(17)22/h3-6,9,11-13,18,22,26H,2,7-8,10,14-16H2,1H3/p+1/t18-,22+/m1/s1. The van der Waals surface area contributed by atoms with E-state index in [1.165, 1.54) is 17.0 Å².